The maximum Gasteiger partial charge on any atom is 0.0892 e. The molecular formula is C6H13NO. The Balaban J connectivity index is 3.64. The molecule has 0 radical (unpaired) electrons. The van der Waals surface area contributed by atoms with Crippen LogP contribution in [0.3, 0.4) is 0 Å². The van der Waals surface area contributed by atoms with Crippen molar-refractivity contribution in [2.75, 3.05) is 0 Å². The molecule has 0 bridgehead atoms. The molecule has 3 N–H and O–H groups in total. The molecule has 0 spiro atoms. The second-order valence-electron chi connectivity index (χ2n) is 2.15. The van der Waals surface area contributed by atoms with Gasteiger partial charge in [-0.2, -0.15) is 0 Å². The minimum atomic E-state index is -0.546. The van der Waals surface area contributed by atoms with Gasteiger partial charge in [-0.3, -0.25) is 0 Å². The topological polar surface area (TPSA) is 46.2 Å². The van der Waals surface area contributed by atoms with Crippen molar-refractivity contribution in [2.45, 2.75) is 26.0 Å². The fraction of sp³-hybridized carbons (Fsp3) is 0.667. The number of hydrogen-bond acceptors (Lipinski definition) is 2. The lowest BCUT2D eigenvalue weighted by molar-refractivity contribution is 0.187. The van der Waals surface area contributed by atoms with Crippen molar-refractivity contribution in [1.29, 1.82) is 0 Å². The Bertz CT molecular complexity index is 88.5. The van der Waals surface area contributed by atoms with Gasteiger partial charge in [0.15, 0.2) is 0 Å². The van der Waals surface area contributed by atoms with Gasteiger partial charge in [0.1, 0.15) is 0 Å². The van der Waals surface area contributed by atoms with Crippen molar-refractivity contribution in [3.63, 3.8) is 0 Å². The molecule has 0 aromatic rings. The lowest BCUT2D eigenvalue weighted by atomic mass is 10.1. The van der Waals surface area contributed by atoms with Crippen molar-refractivity contribution in [3.05, 3.63) is 12.2 Å². The zero-order valence-corrected chi connectivity index (χ0v) is 5.39. The molecule has 0 aromatic heterocycles. The lowest BCUT2D eigenvalue weighted by Crippen LogP contribution is -2.31. The fourth-order valence-electron chi connectivity index (χ4n) is 0.449. The summed E-state index contributed by atoms with van der Waals surface area (Å²) in [6.07, 6.45) is -0.546. The molecule has 0 aromatic carbocycles. The second-order valence-corrected chi connectivity index (χ2v) is 2.15. The highest BCUT2D eigenvalue weighted by molar-refractivity contribution is 5.00. The third kappa shape index (κ3) is 2.09. The largest absolute Gasteiger partial charge is 0.387 e. The normalized spacial score (nSPS) is 17.5. The second kappa shape index (κ2) is 2.84. The molecule has 2 atom stereocenters. The van der Waals surface area contributed by atoms with Crippen LogP contribution in [-0.4, -0.2) is 17.3 Å². The molecule has 0 aliphatic carbocycles. The van der Waals surface area contributed by atoms with Crippen LogP contribution >= 0.6 is 0 Å². The third-order valence-electron chi connectivity index (χ3n) is 1.00. The maximum absolute atomic E-state index is 8.98. The van der Waals surface area contributed by atoms with Crippen LogP contribution in [-0.2, 0) is 0 Å². The molecule has 0 saturated carbocycles. The summed E-state index contributed by atoms with van der Waals surface area (Å²) in [6.45, 7) is 7.05. The minimum Gasteiger partial charge on any atom is -0.387 e. The molecule has 8 heavy (non-hydrogen) atoms. The predicted octanol–water partition coefficient (Wildman–Crippen LogP) is 0.271. The molecule has 0 aliphatic rings. The van der Waals surface area contributed by atoms with Gasteiger partial charge in [-0.25, -0.2) is 0 Å². The smallest absolute Gasteiger partial charge is 0.0892 e. The number of aliphatic hydroxyl groups excluding tert-OH is 1. The van der Waals surface area contributed by atoms with Crippen molar-refractivity contribution in [3.8, 4) is 0 Å². The average Bonchev–Trinajstić information content (AvgIpc) is 1.64. The molecule has 2 heteroatoms. The van der Waals surface area contributed by atoms with E-state index in [0.717, 1.165) is 5.57 Å². The predicted molar refractivity (Wildman–Crippen MR) is 34.5 cm³/mol. The lowest BCUT2D eigenvalue weighted by Gasteiger charge is -2.12. The van der Waals surface area contributed by atoms with Gasteiger partial charge in [0.05, 0.1) is 6.10 Å². The number of hydrogen-bond donors (Lipinski definition) is 2. The fourth-order valence-corrected chi connectivity index (χ4v) is 0.449. The quantitative estimate of drug-likeness (QED) is 0.507. The molecule has 0 heterocycles. The van der Waals surface area contributed by atoms with E-state index in [1.165, 1.54) is 0 Å². The van der Waals surface area contributed by atoms with Crippen LogP contribution in [0.4, 0.5) is 0 Å². The summed E-state index contributed by atoms with van der Waals surface area (Å²) >= 11 is 0. The zero-order valence-electron chi connectivity index (χ0n) is 5.39. The van der Waals surface area contributed by atoms with E-state index in [1.54, 1.807) is 13.8 Å². The zero-order chi connectivity index (χ0) is 6.73. The number of nitrogens with two attached hydrogens (primary N) is 1. The molecule has 0 unspecified atom stereocenters. The highest BCUT2D eigenvalue weighted by Gasteiger charge is 2.07. The summed E-state index contributed by atoms with van der Waals surface area (Å²) in [6, 6.07) is -0.201. The first-order valence-electron chi connectivity index (χ1n) is 2.64. The summed E-state index contributed by atoms with van der Waals surface area (Å²) in [5.41, 5.74) is 6.05. The Morgan fingerprint density at radius 3 is 2.12 bits per heavy atom. The first-order chi connectivity index (χ1) is 3.55. The van der Waals surface area contributed by atoms with Crippen molar-refractivity contribution in [2.24, 2.45) is 5.73 Å². The van der Waals surface area contributed by atoms with Gasteiger partial charge in [0.2, 0.25) is 0 Å². The van der Waals surface area contributed by atoms with Gasteiger partial charge in [0, 0.05) is 6.04 Å². The molecule has 48 valence electrons. The van der Waals surface area contributed by atoms with Crippen LogP contribution in [0.15, 0.2) is 12.2 Å². The van der Waals surface area contributed by atoms with Crippen LogP contribution in [0.2, 0.25) is 0 Å². The van der Waals surface area contributed by atoms with Gasteiger partial charge < -0.3 is 10.8 Å². The summed E-state index contributed by atoms with van der Waals surface area (Å²) in [5, 5.41) is 8.98. The van der Waals surface area contributed by atoms with Gasteiger partial charge in [0.25, 0.3) is 0 Å². The van der Waals surface area contributed by atoms with Crippen LogP contribution in [0.5, 0.6) is 0 Å². The summed E-state index contributed by atoms with van der Waals surface area (Å²) < 4.78 is 0. The van der Waals surface area contributed by atoms with E-state index in [4.69, 9.17) is 10.8 Å². The van der Waals surface area contributed by atoms with E-state index in [9.17, 15) is 0 Å². The van der Waals surface area contributed by atoms with E-state index in [1.807, 2.05) is 0 Å². The highest BCUT2D eigenvalue weighted by Crippen LogP contribution is 1.99. The van der Waals surface area contributed by atoms with Crippen molar-refractivity contribution < 1.29 is 5.11 Å². The van der Waals surface area contributed by atoms with E-state index in [0.29, 0.717) is 0 Å². The molecule has 0 rings (SSSR count). The molecule has 2 nitrogen and oxygen atoms in total. The van der Waals surface area contributed by atoms with Crippen LogP contribution in [0, 0.1) is 0 Å². The number of rotatable bonds is 2. The minimum absolute atomic E-state index is 0.201. The first-order valence-corrected chi connectivity index (χ1v) is 2.64. The average molecular weight is 115 g/mol. The standard InChI is InChI=1S/C6H13NO/c1-4(2)6(8)5(3)7/h5-6,8H,1,7H2,2-3H3/t5-,6-/m1/s1. The van der Waals surface area contributed by atoms with Crippen LogP contribution < -0.4 is 5.73 Å². The Labute approximate surface area is 50.0 Å². The maximum atomic E-state index is 8.98. The Morgan fingerprint density at radius 2 is 2.12 bits per heavy atom. The third-order valence-corrected chi connectivity index (χ3v) is 1.00. The Hall–Kier alpha value is -0.340. The van der Waals surface area contributed by atoms with Crippen LogP contribution in [0.25, 0.3) is 0 Å². The van der Waals surface area contributed by atoms with Gasteiger partial charge in [-0.05, 0) is 13.8 Å². The Kier molecular flexibility index (Phi) is 2.72. The monoisotopic (exact) mass is 115 g/mol. The van der Waals surface area contributed by atoms with Gasteiger partial charge in [-0.1, -0.05) is 12.2 Å². The van der Waals surface area contributed by atoms with Crippen molar-refractivity contribution >= 4 is 0 Å². The highest BCUT2D eigenvalue weighted by atomic mass is 16.3. The van der Waals surface area contributed by atoms with E-state index < -0.39 is 6.10 Å². The SMILES string of the molecule is C=C(C)[C@@H](O)[C@@H](C)N. The van der Waals surface area contributed by atoms with Gasteiger partial charge in [-0.15, -0.1) is 0 Å². The summed E-state index contributed by atoms with van der Waals surface area (Å²) in [5.74, 6) is 0. The summed E-state index contributed by atoms with van der Waals surface area (Å²) in [7, 11) is 0. The Morgan fingerprint density at radius 1 is 1.75 bits per heavy atom. The van der Waals surface area contributed by atoms with E-state index in [-0.39, 0.29) is 6.04 Å². The molecular weight excluding hydrogens is 102 g/mol. The van der Waals surface area contributed by atoms with E-state index in [2.05, 4.69) is 6.58 Å². The van der Waals surface area contributed by atoms with Crippen LogP contribution in [0.1, 0.15) is 13.8 Å². The van der Waals surface area contributed by atoms with Crippen molar-refractivity contribution in [1.82, 2.24) is 0 Å². The number of aliphatic hydroxyl groups is 1. The molecule has 0 saturated heterocycles. The van der Waals surface area contributed by atoms with Gasteiger partial charge >= 0.3 is 0 Å². The summed E-state index contributed by atoms with van der Waals surface area (Å²) in [4.78, 5) is 0. The molecule has 0 fully saturated rings. The molecule has 0 amide bonds. The molecule has 0 aliphatic heterocycles. The van der Waals surface area contributed by atoms with E-state index >= 15 is 0 Å². The first kappa shape index (κ1) is 7.66.